The molecule has 0 spiro atoms. The van der Waals surface area contributed by atoms with E-state index in [0.29, 0.717) is 39.4 Å². The first-order chi connectivity index (χ1) is 22.6. The van der Waals surface area contributed by atoms with Crippen LogP contribution in [0.3, 0.4) is 0 Å². The minimum atomic E-state index is -1.63. The van der Waals surface area contributed by atoms with Gasteiger partial charge in [-0.15, -0.1) is 0 Å². The highest BCUT2D eigenvalue weighted by atomic mass is 33.1. The van der Waals surface area contributed by atoms with Crippen LogP contribution in [0.4, 0.5) is 0 Å². The second-order valence-corrected chi connectivity index (χ2v) is 25.1. The van der Waals surface area contributed by atoms with Crippen LogP contribution in [0.25, 0.3) is 0 Å². The Labute approximate surface area is 309 Å². The first-order valence-electron chi connectivity index (χ1n) is 18.1. The summed E-state index contributed by atoms with van der Waals surface area (Å²) in [6.07, 6.45) is 5.58. The van der Waals surface area contributed by atoms with Gasteiger partial charge in [-0.25, -0.2) is 4.98 Å². The third-order valence-corrected chi connectivity index (χ3v) is 18.9. The van der Waals surface area contributed by atoms with Gasteiger partial charge in [0.25, 0.3) is 0 Å². The fourth-order valence-electron chi connectivity index (χ4n) is 4.71. The van der Waals surface area contributed by atoms with Crippen LogP contribution in [0.5, 0.6) is 0 Å². The molecule has 0 bridgehead atoms. The van der Waals surface area contributed by atoms with Crippen molar-refractivity contribution in [2.24, 2.45) is 0 Å². The van der Waals surface area contributed by atoms with Crippen LogP contribution in [0.15, 0.2) is 29.4 Å². The van der Waals surface area contributed by atoms with Gasteiger partial charge in [0.1, 0.15) is 5.03 Å². The number of hydrogen-bond acceptors (Lipinski definition) is 10. The van der Waals surface area contributed by atoms with E-state index < -0.39 is 8.07 Å². The van der Waals surface area contributed by atoms with Crippen molar-refractivity contribution >= 4 is 35.6 Å². The van der Waals surface area contributed by atoms with Gasteiger partial charge in [0, 0.05) is 51.2 Å². The lowest BCUT2D eigenvalue weighted by Gasteiger charge is -2.48. The molecule has 1 aromatic heterocycles. The quantitative estimate of drug-likeness (QED) is 0.0354. The molecule has 0 atom stereocenters. The summed E-state index contributed by atoms with van der Waals surface area (Å²) in [4.78, 5) is 16.5. The van der Waals surface area contributed by atoms with E-state index in [-0.39, 0.29) is 33.0 Å². The Hall–Kier alpha value is -0.703. The van der Waals surface area contributed by atoms with Crippen LogP contribution in [-0.4, -0.2) is 92.8 Å². The summed E-state index contributed by atoms with van der Waals surface area (Å²) in [5.41, 5.74) is 5.70. The van der Waals surface area contributed by atoms with E-state index in [0.717, 1.165) is 49.6 Å². The summed E-state index contributed by atoms with van der Waals surface area (Å²) in [6.45, 7) is 33.8. The minimum Gasteiger partial charge on any atom is -0.379 e. The molecule has 1 amide bonds. The normalized spacial score (nSPS) is 13.6. The fourth-order valence-corrected chi connectivity index (χ4v) is 8.85. The van der Waals surface area contributed by atoms with E-state index >= 15 is 0 Å². The van der Waals surface area contributed by atoms with Gasteiger partial charge >= 0.3 is 0 Å². The largest absolute Gasteiger partial charge is 0.379 e. The summed E-state index contributed by atoms with van der Waals surface area (Å²) < 4.78 is 25.0. The topological polar surface area (TPSA) is 103 Å². The molecule has 0 aliphatic heterocycles. The molecule has 3 N–H and O–H groups in total. The fraction of sp³-hybridized carbons (Fsp3) is 0.838. The third-order valence-electron chi connectivity index (χ3n) is 9.77. The number of nitrogens with zero attached hydrogens (tertiary/aromatic N) is 1. The zero-order valence-corrected chi connectivity index (χ0v) is 35.9. The van der Waals surface area contributed by atoms with E-state index in [4.69, 9.17) is 18.9 Å². The number of rotatable bonds is 27. The first kappa shape index (κ1) is 46.3. The molecule has 1 heterocycles. The first-order valence-corrected chi connectivity index (χ1v) is 23.4. The average molecular weight is 745 g/mol. The van der Waals surface area contributed by atoms with Crippen LogP contribution in [-0.2, 0) is 23.7 Å². The number of aromatic nitrogens is 1. The molecule has 49 heavy (non-hydrogen) atoms. The number of pyridine rings is 1. The molecule has 1 aromatic rings. The monoisotopic (exact) mass is 744 g/mol. The van der Waals surface area contributed by atoms with Crippen molar-refractivity contribution in [3.63, 3.8) is 0 Å². The van der Waals surface area contributed by atoms with Gasteiger partial charge in [0.15, 0.2) is 0 Å². The van der Waals surface area contributed by atoms with Gasteiger partial charge in [-0.05, 0) is 109 Å². The lowest BCUT2D eigenvalue weighted by molar-refractivity contribution is -0.121. The van der Waals surface area contributed by atoms with Crippen LogP contribution in [0.1, 0.15) is 108 Å². The highest BCUT2D eigenvalue weighted by Gasteiger charge is 2.48. The minimum absolute atomic E-state index is 0.0689. The smallest absolute Gasteiger partial charge is 0.220 e. The Kier molecular flexibility index (Phi) is 20.5. The molecule has 0 aliphatic rings. The Morgan fingerprint density at radius 2 is 1.31 bits per heavy atom. The molecule has 1 rings (SSSR count). The van der Waals surface area contributed by atoms with Gasteiger partial charge in [0.2, 0.25) is 5.91 Å². The van der Waals surface area contributed by atoms with Crippen LogP contribution in [0, 0.1) is 0 Å². The standard InChI is InChI=1S/C37H72N4O5S2Si/c1-33(2,3)49(12,13)37(10,11)46-28-21-36(8,9)45-29-25-41-40-23-16-26-43-35(6,7)20-27-44-34(4,5)19-24-38-31(42)18-30-47-48-32-17-14-15-22-39-32/h14-15,17,22,40-41H,16,18-21,23-30H2,1-13H3,(H,38,42). The molecule has 0 saturated carbocycles. The lowest BCUT2D eigenvalue weighted by atomic mass is 10.0. The molecule has 0 fully saturated rings. The Bertz CT molecular complexity index is 1050. The number of nitrogens with one attached hydrogen (secondary N) is 3. The summed E-state index contributed by atoms with van der Waals surface area (Å²) in [7, 11) is 1.61. The molecule has 9 nitrogen and oxygen atoms in total. The molecular formula is C37H72N4O5S2Si. The summed E-state index contributed by atoms with van der Waals surface area (Å²) >= 11 is 0. The molecule has 286 valence electrons. The van der Waals surface area contributed by atoms with Crippen molar-refractivity contribution in [1.29, 1.82) is 0 Å². The highest BCUT2D eigenvalue weighted by Crippen LogP contribution is 2.44. The molecule has 0 unspecified atom stereocenters. The number of ether oxygens (including phenoxy) is 4. The Balaban J connectivity index is 2.09. The number of hydrazine groups is 1. The van der Waals surface area contributed by atoms with Gasteiger partial charge in [-0.1, -0.05) is 50.7 Å². The van der Waals surface area contributed by atoms with E-state index in [1.165, 1.54) is 0 Å². The predicted molar refractivity (Wildman–Crippen MR) is 212 cm³/mol. The number of hydrogen-bond donors (Lipinski definition) is 3. The Morgan fingerprint density at radius 3 is 1.92 bits per heavy atom. The van der Waals surface area contributed by atoms with Gasteiger partial charge in [0.05, 0.1) is 43.3 Å². The predicted octanol–water partition coefficient (Wildman–Crippen LogP) is 8.21. The molecule has 0 aliphatic carbocycles. The number of carbonyl (C=O) groups excluding carboxylic acids is 1. The van der Waals surface area contributed by atoms with E-state index in [1.54, 1.807) is 27.8 Å². The molecular weight excluding hydrogens is 673 g/mol. The van der Waals surface area contributed by atoms with Crippen molar-refractivity contribution in [2.75, 3.05) is 51.8 Å². The zero-order chi connectivity index (χ0) is 37.2. The van der Waals surface area contributed by atoms with E-state index in [9.17, 15) is 4.79 Å². The highest BCUT2D eigenvalue weighted by molar-refractivity contribution is 8.76. The van der Waals surface area contributed by atoms with Gasteiger partial charge in [-0.2, -0.15) is 0 Å². The SMILES string of the molecule is CC(C)(CCNC(=O)CCSSc1ccccn1)OCCC(C)(C)OCCCNNCCOC(C)(C)CCOC(C)(C)[Si](C)(C)C(C)(C)C. The van der Waals surface area contributed by atoms with Crippen LogP contribution < -0.4 is 16.2 Å². The summed E-state index contributed by atoms with van der Waals surface area (Å²) in [5.74, 6) is 0.815. The van der Waals surface area contributed by atoms with Crippen molar-refractivity contribution < 1.29 is 23.7 Å². The van der Waals surface area contributed by atoms with Crippen molar-refractivity contribution in [1.82, 2.24) is 21.2 Å². The maximum absolute atomic E-state index is 12.2. The lowest BCUT2D eigenvalue weighted by Crippen LogP contribution is -2.58. The number of amides is 1. The molecule has 12 heteroatoms. The molecule has 0 aromatic carbocycles. The van der Waals surface area contributed by atoms with Crippen molar-refractivity contribution in [3.8, 4) is 0 Å². The maximum Gasteiger partial charge on any atom is 0.220 e. The van der Waals surface area contributed by atoms with E-state index in [2.05, 4.69) is 110 Å². The molecule has 0 saturated heterocycles. The van der Waals surface area contributed by atoms with Crippen LogP contribution >= 0.6 is 21.6 Å². The van der Waals surface area contributed by atoms with Crippen molar-refractivity contribution in [2.45, 2.75) is 153 Å². The van der Waals surface area contributed by atoms with Crippen LogP contribution in [0.2, 0.25) is 18.1 Å². The average Bonchev–Trinajstić information content (AvgIpc) is 2.97. The van der Waals surface area contributed by atoms with Crippen molar-refractivity contribution in [3.05, 3.63) is 24.4 Å². The second kappa shape index (κ2) is 21.7. The maximum atomic E-state index is 12.2. The third kappa shape index (κ3) is 20.2. The summed E-state index contributed by atoms with van der Waals surface area (Å²) in [5, 5.41) is 4.16. The summed E-state index contributed by atoms with van der Waals surface area (Å²) in [6, 6.07) is 5.84. The van der Waals surface area contributed by atoms with Gasteiger partial charge < -0.3 is 24.3 Å². The zero-order valence-electron chi connectivity index (χ0n) is 33.3. The van der Waals surface area contributed by atoms with Gasteiger partial charge in [-0.3, -0.25) is 15.6 Å². The molecule has 0 radical (unpaired) electrons. The van der Waals surface area contributed by atoms with E-state index in [1.807, 2.05) is 18.2 Å². The number of carbonyl (C=O) groups is 1. The Morgan fingerprint density at radius 1 is 0.735 bits per heavy atom. The second-order valence-electron chi connectivity index (χ2n) is 16.7.